The largest absolute Gasteiger partial charge is 0.481 e. The Balaban J connectivity index is 1.74. The summed E-state index contributed by atoms with van der Waals surface area (Å²) >= 11 is 0. The summed E-state index contributed by atoms with van der Waals surface area (Å²) in [6, 6.07) is 0.130. The van der Waals surface area contributed by atoms with Gasteiger partial charge in [0.1, 0.15) is 0 Å². The van der Waals surface area contributed by atoms with Crippen molar-refractivity contribution in [2.75, 3.05) is 0 Å². The molecule has 5 nitrogen and oxygen atoms in total. The van der Waals surface area contributed by atoms with Crippen LogP contribution in [0.4, 0.5) is 0 Å². The highest BCUT2D eigenvalue weighted by Gasteiger charge is 2.32. The maximum Gasteiger partial charge on any atom is 0.306 e. The van der Waals surface area contributed by atoms with Gasteiger partial charge in [-0.15, -0.1) is 0 Å². The van der Waals surface area contributed by atoms with Gasteiger partial charge in [-0.2, -0.15) is 0 Å². The molecule has 2 fully saturated rings. The second-order valence-corrected chi connectivity index (χ2v) is 6.55. The first kappa shape index (κ1) is 15.3. The number of carboxylic acid groups (broad SMARTS) is 1. The third-order valence-corrected chi connectivity index (χ3v) is 4.80. The van der Waals surface area contributed by atoms with Gasteiger partial charge in [0.2, 0.25) is 5.91 Å². The molecule has 0 atom stereocenters. The monoisotopic (exact) mass is 282 g/mol. The third kappa shape index (κ3) is 4.20. The number of nitrogens with one attached hydrogen (secondary N) is 1. The van der Waals surface area contributed by atoms with Crippen molar-refractivity contribution in [3.63, 3.8) is 0 Å². The Hall–Kier alpha value is -1.10. The van der Waals surface area contributed by atoms with Gasteiger partial charge in [-0.25, -0.2) is 0 Å². The van der Waals surface area contributed by atoms with Crippen LogP contribution in [0.1, 0.15) is 64.2 Å². The van der Waals surface area contributed by atoms with Gasteiger partial charge < -0.3 is 16.2 Å². The fourth-order valence-electron chi connectivity index (χ4n) is 3.52. The molecule has 0 aliphatic heterocycles. The maximum atomic E-state index is 12.1. The SMILES string of the molecule is NC1(CC(=O)NC2CCC(C(=O)O)CC2)CCCCC1. The molecule has 0 aromatic heterocycles. The van der Waals surface area contributed by atoms with Crippen LogP contribution in [0.25, 0.3) is 0 Å². The molecule has 0 saturated heterocycles. The van der Waals surface area contributed by atoms with E-state index in [-0.39, 0.29) is 23.4 Å². The number of hydrogen-bond donors (Lipinski definition) is 3. The number of carbonyl (C=O) groups excluding carboxylic acids is 1. The quantitative estimate of drug-likeness (QED) is 0.733. The van der Waals surface area contributed by atoms with E-state index in [4.69, 9.17) is 10.8 Å². The maximum absolute atomic E-state index is 12.1. The van der Waals surface area contributed by atoms with Gasteiger partial charge in [-0.05, 0) is 38.5 Å². The molecular weight excluding hydrogens is 256 g/mol. The molecule has 2 aliphatic rings. The molecule has 1 amide bonds. The summed E-state index contributed by atoms with van der Waals surface area (Å²) in [4.78, 5) is 23.0. The summed E-state index contributed by atoms with van der Waals surface area (Å²) in [5, 5.41) is 12.0. The van der Waals surface area contributed by atoms with Crippen LogP contribution < -0.4 is 11.1 Å². The van der Waals surface area contributed by atoms with E-state index in [1.165, 1.54) is 6.42 Å². The van der Waals surface area contributed by atoms with Gasteiger partial charge in [0.05, 0.1) is 5.92 Å². The van der Waals surface area contributed by atoms with Crippen molar-refractivity contribution in [3.8, 4) is 0 Å². The predicted molar refractivity (Wildman–Crippen MR) is 76.1 cm³/mol. The second-order valence-electron chi connectivity index (χ2n) is 6.55. The van der Waals surface area contributed by atoms with Crippen molar-refractivity contribution in [2.45, 2.75) is 75.8 Å². The lowest BCUT2D eigenvalue weighted by Crippen LogP contribution is -2.48. The molecule has 0 spiro atoms. The van der Waals surface area contributed by atoms with E-state index in [0.29, 0.717) is 19.3 Å². The molecule has 20 heavy (non-hydrogen) atoms. The zero-order chi connectivity index (χ0) is 14.6. The Morgan fingerprint density at radius 1 is 1.10 bits per heavy atom. The van der Waals surface area contributed by atoms with Gasteiger partial charge in [0.25, 0.3) is 0 Å². The average Bonchev–Trinajstić information content (AvgIpc) is 2.39. The highest BCUT2D eigenvalue weighted by Crippen LogP contribution is 2.29. The summed E-state index contributed by atoms with van der Waals surface area (Å²) in [5.41, 5.74) is 5.97. The number of carboxylic acids is 1. The summed E-state index contributed by atoms with van der Waals surface area (Å²) in [5.74, 6) is -0.909. The molecule has 0 radical (unpaired) electrons. The zero-order valence-electron chi connectivity index (χ0n) is 12.1. The molecule has 114 valence electrons. The van der Waals surface area contributed by atoms with Crippen LogP contribution >= 0.6 is 0 Å². The number of amides is 1. The van der Waals surface area contributed by atoms with Crippen LogP contribution in [-0.2, 0) is 9.59 Å². The van der Waals surface area contributed by atoms with Gasteiger partial charge in [0.15, 0.2) is 0 Å². The number of aliphatic carboxylic acids is 1. The van der Waals surface area contributed by atoms with Gasteiger partial charge in [0, 0.05) is 18.0 Å². The average molecular weight is 282 g/mol. The van der Waals surface area contributed by atoms with E-state index in [1.807, 2.05) is 0 Å². The van der Waals surface area contributed by atoms with E-state index in [0.717, 1.165) is 38.5 Å². The molecular formula is C15H26N2O3. The molecule has 2 saturated carbocycles. The van der Waals surface area contributed by atoms with Crippen LogP contribution in [-0.4, -0.2) is 28.6 Å². The Morgan fingerprint density at radius 3 is 2.25 bits per heavy atom. The van der Waals surface area contributed by atoms with Crippen molar-refractivity contribution in [1.82, 2.24) is 5.32 Å². The summed E-state index contributed by atoms with van der Waals surface area (Å²) in [6.07, 6.45) is 8.59. The van der Waals surface area contributed by atoms with E-state index in [2.05, 4.69) is 5.32 Å². The minimum absolute atomic E-state index is 0.0353. The number of carbonyl (C=O) groups is 2. The fraction of sp³-hybridized carbons (Fsp3) is 0.867. The molecule has 2 aliphatic carbocycles. The minimum atomic E-state index is -0.710. The highest BCUT2D eigenvalue weighted by atomic mass is 16.4. The Labute approximate surface area is 120 Å². The highest BCUT2D eigenvalue weighted by molar-refractivity contribution is 5.77. The van der Waals surface area contributed by atoms with Crippen molar-refractivity contribution in [3.05, 3.63) is 0 Å². The lowest BCUT2D eigenvalue weighted by atomic mass is 9.80. The molecule has 5 heteroatoms. The number of hydrogen-bond acceptors (Lipinski definition) is 3. The van der Waals surface area contributed by atoms with Crippen LogP contribution in [0.5, 0.6) is 0 Å². The first-order valence-corrected chi connectivity index (χ1v) is 7.80. The van der Waals surface area contributed by atoms with E-state index in [1.54, 1.807) is 0 Å². The van der Waals surface area contributed by atoms with Crippen molar-refractivity contribution < 1.29 is 14.7 Å². The van der Waals surface area contributed by atoms with E-state index >= 15 is 0 Å². The molecule has 0 aromatic rings. The van der Waals surface area contributed by atoms with Crippen molar-refractivity contribution in [2.24, 2.45) is 11.7 Å². The Bertz CT molecular complexity index is 356. The molecule has 0 aromatic carbocycles. The molecule has 4 N–H and O–H groups in total. The minimum Gasteiger partial charge on any atom is -0.481 e. The van der Waals surface area contributed by atoms with Gasteiger partial charge in [-0.3, -0.25) is 9.59 Å². The molecule has 0 heterocycles. The zero-order valence-corrected chi connectivity index (χ0v) is 12.1. The topological polar surface area (TPSA) is 92.4 Å². The molecule has 0 bridgehead atoms. The second kappa shape index (κ2) is 6.57. The smallest absolute Gasteiger partial charge is 0.306 e. The van der Waals surface area contributed by atoms with Crippen LogP contribution in [0.15, 0.2) is 0 Å². The van der Waals surface area contributed by atoms with Gasteiger partial charge >= 0.3 is 5.97 Å². The van der Waals surface area contributed by atoms with Gasteiger partial charge in [-0.1, -0.05) is 19.3 Å². The standard InChI is InChI=1S/C15H26N2O3/c16-15(8-2-1-3-9-15)10-13(18)17-12-6-4-11(5-7-12)14(19)20/h11-12H,1-10,16H2,(H,17,18)(H,19,20). The van der Waals surface area contributed by atoms with Crippen molar-refractivity contribution in [1.29, 1.82) is 0 Å². The lowest BCUT2D eigenvalue weighted by molar-refractivity contribution is -0.142. The first-order chi connectivity index (χ1) is 9.48. The van der Waals surface area contributed by atoms with Crippen molar-refractivity contribution >= 4 is 11.9 Å². The normalized spacial score (nSPS) is 29.6. The number of rotatable bonds is 4. The van der Waals surface area contributed by atoms with Crippen LogP contribution in [0.2, 0.25) is 0 Å². The summed E-state index contributed by atoms with van der Waals surface area (Å²) in [6.45, 7) is 0. The van der Waals surface area contributed by atoms with E-state index < -0.39 is 5.97 Å². The number of nitrogens with two attached hydrogens (primary N) is 1. The third-order valence-electron chi connectivity index (χ3n) is 4.80. The van der Waals surface area contributed by atoms with Crippen LogP contribution in [0.3, 0.4) is 0 Å². The predicted octanol–water partition coefficient (Wildman–Crippen LogP) is 1.80. The Morgan fingerprint density at radius 2 is 1.70 bits per heavy atom. The molecule has 0 unspecified atom stereocenters. The fourth-order valence-corrected chi connectivity index (χ4v) is 3.52. The Kier molecular flexibility index (Phi) is 5.02. The molecule has 2 rings (SSSR count). The summed E-state index contributed by atoms with van der Waals surface area (Å²) < 4.78 is 0. The lowest BCUT2D eigenvalue weighted by Gasteiger charge is -2.34. The van der Waals surface area contributed by atoms with E-state index in [9.17, 15) is 9.59 Å². The van der Waals surface area contributed by atoms with Crippen LogP contribution in [0, 0.1) is 5.92 Å². The summed E-state index contributed by atoms with van der Waals surface area (Å²) in [7, 11) is 0. The first-order valence-electron chi connectivity index (χ1n) is 7.80.